The van der Waals surface area contributed by atoms with E-state index in [4.69, 9.17) is 15.7 Å². The Bertz CT molecular complexity index is 618. The van der Waals surface area contributed by atoms with Crippen LogP contribution in [0.5, 0.6) is 0 Å². The second-order valence-electron chi connectivity index (χ2n) is 6.85. The molecule has 1 aromatic heterocycles. The fraction of sp³-hybridized carbons (Fsp3) is 0.632. The highest BCUT2D eigenvalue weighted by atomic mass is 16.5. The molecule has 0 spiro atoms. The monoisotopic (exact) mass is 408 g/mol. The van der Waals surface area contributed by atoms with Gasteiger partial charge in [-0.2, -0.15) is 0 Å². The molecule has 0 saturated carbocycles. The van der Waals surface area contributed by atoms with Crippen LogP contribution in [0.3, 0.4) is 0 Å². The van der Waals surface area contributed by atoms with Gasteiger partial charge in [-0.3, -0.25) is 19.6 Å². The summed E-state index contributed by atoms with van der Waals surface area (Å²) < 4.78 is 0. The normalized spacial score (nSPS) is 13.8. The molecule has 0 unspecified atom stereocenters. The Kier molecular flexibility index (Phi) is 12.0. The molecule has 0 aromatic carbocycles. The minimum atomic E-state index is -0.234. The number of piperidine rings is 1. The number of anilines is 1. The van der Waals surface area contributed by atoms with Crippen molar-refractivity contribution >= 4 is 24.2 Å². The van der Waals surface area contributed by atoms with Gasteiger partial charge in [-0.1, -0.05) is 32.6 Å². The molecule has 1 aliphatic heterocycles. The Morgan fingerprint density at radius 1 is 1.21 bits per heavy atom. The van der Waals surface area contributed by atoms with E-state index in [0.29, 0.717) is 31.1 Å². The summed E-state index contributed by atoms with van der Waals surface area (Å²) in [6.45, 7) is 4.28. The van der Waals surface area contributed by atoms with Crippen LogP contribution in [0, 0.1) is 5.92 Å². The number of carbonyl (C=O) groups is 3. The van der Waals surface area contributed by atoms with E-state index < -0.39 is 0 Å². The molecule has 29 heavy (non-hydrogen) atoms. The summed E-state index contributed by atoms with van der Waals surface area (Å²) in [7, 11) is 0. The number of nitrogens with zero attached hydrogens (tertiary/aromatic N) is 3. The summed E-state index contributed by atoms with van der Waals surface area (Å²) in [5.74, 6) is 0.175. The maximum absolute atomic E-state index is 12.1. The first-order chi connectivity index (χ1) is 14.0. The Morgan fingerprint density at radius 3 is 2.31 bits per heavy atom. The highest BCUT2D eigenvalue weighted by molar-refractivity contribution is 5.93. The fourth-order valence-corrected chi connectivity index (χ4v) is 3.00. The minimum Gasteiger partial charge on any atom is -0.369 e. The van der Waals surface area contributed by atoms with Crippen molar-refractivity contribution in [1.82, 2.24) is 20.8 Å². The average molecular weight is 409 g/mol. The quantitative estimate of drug-likeness (QED) is 0.195. The van der Waals surface area contributed by atoms with Crippen molar-refractivity contribution in [2.75, 3.05) is 24.5 Å². The standard InChI is InChI=1S/C18H29N5O2.CH3NO2/c1-2-3-4-5-6-9-20-17(25)15-12-21-18(22-13-15)23-10-7-14(8-11-23)16(19)24;3-1-2-4/h12-14H,2-11H2,1H3,(H2,19,24)(H,20,25);1,4H,(H,2,3). The lowest BCUT2D eigenvalue weighted by Gasteiger charge is -2.30. The zero-order valence-corrected chi connectivity index (χ0v) is 17.0. The molecule has 0 radical (unpaired) electrons. The van der Waals surface area contributed by atoms with Crippen LogP contribution in [-0.4, -0.2) is 53.0 Å². The van der Waals surface area contributed by atoms with Crippen molar-refractivity contribution in [2.24, 2.45) is 11.7 Å². The third-order valence-electron chi connectivity index (χ3n) is 4.70. The second-order valence-corrected chi connectivity index (χ2v) is 6.85. The Labute approximate surface area is 171 Å². The van der Waals surface area contributed by atoms with Gasteiger partial charge in [0.05, 0.1) is 5.56 Å². The number of hydroxylamine groups is 1. The lowest BCUT2D eigenvalue weighted by molar-refractivity contribution is -0.122. The summed E-state index contributed by atoms with van der Waals surface area (Å²) in [5, 5.41) is 10.2. The van der Waals surface area contributed by atoms with Gasteiger partial charge in [-0.15, -0.1) is 0 Å². The number of nitrogens with one attached hydrogen (secondary N) is 2. The molecule has 1 fully saturated rings. The molecule has 1 aliphatic rings. The molecule has 1 saturated heterocycles. The number of aromatic nitrogens is 2. The first-order valence-electron chi connectivity index (χ1n) is 10.0. The molecule has 10 nitrogen and oxygen atoms in total. The second kappa shape index (κ2) is 14.3. The minimum absolute atomic E-state index is 0.0568. The summed E-state index contributed by atoms with van der Waals surface area (Å²) in [6.07, 6.45) is 10.6. The van der Waals surface area contributed by atoms with Crippen molar-refractivity contribution < 1.29 is 19.6 Å². The summed E-state index contributed by atoms with van der Waals surface area (Å²) in [4.78, 5) is 42.7. The zero-order valence-electron chi connectivity index (χ0n) is 17.0. The van der Waals surface area contributed by atoms with E-state index in [2.05, 4.69) is 22.2 Å². The fourth-order valence-electron chi connectivity index (χ4n) is 3.00. The smallest absolute Gasteiger partial charge is 0.254 e. The SMILES string of the molecule is CCCCCCCNC(=O)c1cnc(N2CCC(C(N)=O)CC2)nc1.O=CNO. The van der Waals surface area contributed by atoms with Crippen molar-refractivity contribution in [2.45, 2.75) is 51.9 Å². The van der Waals surface area contributed by atoms with Crippen LogP contribution < -0.4 is 21.4 Å². The van der Waals surface area contributed by atoms with Gasteiger partial charge in [0.15, 0.2) is 0 Å². The number of amides is 3. The Hall–Kier alpha value is -2.75. The third kappa shape index (κ3) is 9.33. The lowest BCUT2D eigenvalue weighted by atomic mass is 9.96. The van der Waals surface area contributed by atoms with Gasteiger partial charge >= 0.3 is 0 Å². The van der Waals surface area contributed by atoms with Crippen LogP contribution in [0.4, 0.5) is 5.95 Å². The van der Waals surface area contributed by atoms with E-state index in [0.717, 1.165) is 25.7 Å². The summed E-state index contributed by atoms with van der Waals surface area (Å²) in [6, 6.07) is 0. The van der Waals surface area contributed by atoms with Gasteiger partial charge in [0.25, 0.3) is 5.91 Å². The molecule has 1 aromatic rings. The third-order valence-corrected chi connectivity index (χ3v) is 4.70. The molecule has 3 amide bonds. The first-order valence-corrected chi connectivity index (χ1v) is 10.0. The average Bonchev–Trinajstić information content (AvgIpc) is 2.76. The van der Waals surface area contributed by atoms with Crippen LogP contribution in [0.25, 0.3) is 0 Å². The maximum atomic E-state index is 12.1. The van der Waals surface area contributed by atoms with E-state index >= 15 is 0 Å². The summed E-state index contributed by atoms with van der Waals surface area (Å²) in [5.41, 5.74) is 7.07. The van der Waals surface area contributed by atoms with Gasteiger partial charge in [0.1, 0.15) is 0 Å². The van der Waals surface area contributed by atoms with E-state index in [1.807, 2.05) is 4.90 Å². The summed E-state index contributed by atoms with van der Waals surface area (Å²) >= 11 is 0. The molecule has 0 bridgehead atoms. The van der Waals surface area contributed by atoms with E-state index in [9.17, 15) is 9.59 Å². The first kappa shape index (κ1) is 24.3. The van der Waals surface area contributed by atoms with Crippen molar-refractivity contribution in [3.63, 3.8) is 0 Å². The molecule has 5 N–H and O–H groups in total. The molecular weight excluding hydrogens is 376 g/mol. The predicted molar refractivity (Wildman–Crippen MR) is 108 cm³/mol. The number of hydrogen-bond donors (Lipinski definition) is 4. The van der Waals surface area contributed by atoms with Crippen LogP contribution in [0.2, 0.25) is 0 Å². The van der Waals surface area contributed by atoms with Crippen LogP contribution >= 0.6 is 0 Å². The number of nitrogens with two attached hydrogens (primary N) is 1. The molecular formula is C19H32N6O4. The zero-order chi connectivity index (χ0) is 21.5. The molecule has 2 rings (SSSR count). The Morgan fingerprint density at radius 2 is 1.79 bits per heavy atom. The highest BCUT2D eigenvalue weighted by Gasteiger charge is 2.24. The topological polar surface area (TPSA) is 151 Å². The van der Waals surface area contributed by atoms with E-state index in [-0.39, 0.29) is 24.1 Å². The van der Waals surface area contributed by atoms with Crippen molar-refractivity contribution in [1.29, 1.82) is 0 Å². The number of primary amides is 1. The lowest BCUT2D eigenvalue weighted by Crippen LogP contribution is -2.39. The highest BCUT2D eigenvalue weighted by Crippen LogP contribution is 2.20. The molecule has 10 heteroatoms. The molecule has 162 valence electrons. The van der Waals surface area contributed by atoms with Crippen LogP contribution in [-0.2, 0) is 9.59 Å². The van der Waals surface area contributed by atoms with Crippen LogP contribution in [0.15, 0.2) is 12.4 Å². The molecule has 2 heterocycles. The van der Waals surface area contributed by atoms with Gasteiger partial charge in [-0.05, 0) is 19.3 Å². The van der Waals surface area contributed by atoms with Crippen LogP contribution in [0.1, 0.15) is 62.2 Å². The van der Waals surface area contributed by atoms with Gasteiger partial charge < -0.3 is 16.0 Å². The van der Waals surface area contributed by atoms with Gasteiger partial charge in [0, 0.05) is 37.9 Å². The van der Waals surface area contributed by atoms with Gasteiger partial charge in [0.2, 0.25) is 18.3 Å². The van der Waals surface area contributed by atoms with E-state index in [1.54, 1.807) is 12.4 Å². The number of rotatable bonds is 10. The predicted octanol–water partition coefficient (Wildman–Crippen LogP) is 1.00. The van der Waals surface area contributed by atoms with Crippen molar-refractivity contribution in [3.8, 4) is 0 Å². The number of carbonyl (C=O) groups excluding carboxylic acids is 3. The van der Waals surface area contributed by atoms with E-state index in [1.165, 1.54) is 24.7 Å². The molecule has 0 atom stereocenters. The Balaban J connectivity index is 0.000000960. The largest absolute Gasteiger partial charge is 0.369 e. The maximum Gasteiger partial charge on any atom is 0.254 e. The number of unbranched alkanes of at least 4 members (excludes halogenated alkanes) is 4. The van der Waals surface area contributed by atoms with Gasteiger partial charge in [-0.25, -0.2) is 15.4 Å². The van der Waals surface area contributed by atoms with Crippen molar-refractivity contribution in [3.05, 3.63) is 18.0 Å². The number of hydrogen-bond acceptors (Lipinski definition) is 7. The molecule has 0 aliphatic carbocycles.